The lowest BCUT2D eigenvalue weighted by Crippen LogP contribution is -2.10. The van der Waals surface area contributed by atoms with Gasteiger partial charge in [0.1, 0.15) is 4.88 Å². The highest BCUT2D eigenvalue weighted by Crippen LogP contribution is 2.31. The zero-order valence-electron chi connectivity index (χ0n) is 11.3. The van der Waals surface area contributed by atoms with Crippen molar-refractivity contribution in [2.45, 2.75) is 6.92 Å². The van der Waals surface area contributed by atoms with Gasteiger partial charge in [0, 0.05) is 19.7 Å². The third-order valence-electron chi connectivity index (χ3n) is 2.79. The fourth-order valence-electron chi connectivity index (χ4n) is 1.73. The number of nitriles is 1. The van der Waals surface area contributed by atoms with Gasteiger partial charge >= 0.3 is 5.97 Å². The number of carboxylic acid groups (broad SMARTS) is 1. The number of rotatable bonds is 4. The third-order valence-corrected chi connectivity index (χ3v) is 4.02. The molecule has 2 rings (SSSR count). The molecule has 6 nitrogen and oxygen atoms in total. The summed E-state index contributed by atoms with van der Waals surface area (Å²) in [6, 6.07) is 8.86. The quantitative estimate of drug-likeness (QED) is 0.872. The van der Waals surface area contributed by atoms with E-state index in [4.69, 9.17) is 10.4 Å². The highest BCUT2D eigenvalue weighted by molar-refractivity contribution is 7.17. The molecule has 21 heavy (non-hydrogen) atoms. The molecule has 0 bridgehead atoms. The van der Waals surface area contributed by atoms with Gasteiger partial charge in [-0.15, -0.1) is 0 Å². The van der Waals surface area contributed by atoms with E-state index in [1.807, 2.05) is 6.07 Å². The van der Waals surface area contributed by atoms with Gasteiger partial charge in [0.25, 0.3) is 0 Å². The molecule has 0 spiro atoms. The number of ketones is 1. The largest absolute Gasteiger partial charge is 0.476 e. The Morgan fingerprint density at radius 1 is 1.43 bits per heavy atom. The maximum atomic E-state index is 11.5. The summed E-state index contributed by atoms with van der Waals surface area (Å²) in [6.45, 7) is 1.31. The number of aromatic nitrogens is 1. The second kappa shape index (κ2) is 5.73. The number of hydrogen-bond acceptors (Lipinski definition) is 6. The van der Waals surface area contributed by atoms with Crippen molar-refractivity contribution in [1.82, 2.24) is 4.98 Å². The number of carboxylic acids is 1. The summed E-state index contributed by atoms with van der Waals surface area (Å²) in [5.41, 5.74) is 0.932. The predicted octanol–water partition coefficient (Wildman–Crippen LogP) is 2.68. The van der Waals surface area contributed by atoms with Crippen molar-refractivity contribution in [2.24, 2.45) is 0 Å². The molecule has 1 aromatic heterocycles. The number of carbonyl (C=O) groups excluding carboxylic acids is 1. The Balaban J connectivity index is 2.46. The average molecular weight is 301 g/mol. The first-order valence-electron chi connectivity index (χ1n) is 5.93. The van der Waals surface area contributed by atoms with E-state index in [2.05, 4.69) is 4.98 Å². The lowest BCUT2D eigenvalue weighted by Gasteiger charge is -2.15. The summed E-state index contributed by atoms with van der Waals surface area (Å²) in [5, 5.41) is 18.4. The summed E-state index contributed by atoms with van der Waals surface area (Å²) in [6.07, 6.45) is 0. The lowest BCUT2D eigenvalue weighted by molar-refractivity contribution is 0.0687. The number of nitrogens with zero attached hydrogens (tertiary/aromatic N) is 3. The fraction of sp³-hybridized carbons (Fsp3) is 0.143. The van der Waals surface area contributed by atoms with Crippen LogP contribution in [0.4, 0.5) is 10.8 Å². The van der Waals surface area contributed by atoms with Crippen LogP contribution < -0.4 is 4.90 Å². The van der Waals surface area contributed by atoms with Crippen molar-refractivity contribution in [1.29, 1.82) is 5.26 Å². The van der Waals surface area contributed by atoms with Crippen LogP contribution in [0.15, 0.2) is 24.3 Å². The van der Waals surface area contributed by atoms with E-state index in [1.165, 1.54) is 6.92 Å². The molecule has 0 atom stereocenters. The van der Waals surface area contributed by atoms with Crippen molar-refractivity contribution in [3.8, 4) is 6.07 Å². The fourth-order valence-corrected chi connectivity index (χ4v) is 2.67. The molecule has 7 heteroatoms. The van der Waals surface area contributed by atoms with Crippen LogP contribution in [0.3, 0.4) is 0 Å². The number of Topliss-reactive ketones (excluding diaryl/α,β-unsaturated/α-hetero) is 1. The van der Waals surface area contributed by atoms with E-state index in [9.17, 15) is 9.59 Å². The highest BCUT2D eigenvalue weighted by Gasteiger charge is 2.22. The van der Waals surface area contributed by atoms with E-state index in [0.29, 0.717) is 16.4 Å². The van der Waals surface area contributed by atoms with Crippen molar-refractivity contribution in [3.05, 3.63) is 40.4 Å². The molecule has 1 heterocycles. The summed E-state index contributed by atoms with van der Waals surface area (Å²) >= 11 is 1.01. The SMILES string of the molecule is CC(=O)c1sc(N(C)c2cccc(C#N)c2)nc1C(=O)O. The molecule has 2 aromatic rings. The van der Waals surface area contributed by atoms with Gasteiger partial charge in [-0.25, -0.2) is 9.78 Å². The third kappa shape index (κ3) is 2.90. The monoisotopic (exact) mass is 301 g/mol. The molecule has 0 aliphatic heterocycles. The minimum atomic E-state index is -1.23. The van der Waals surface area contributed by atoms with Gasteiger partial charge in [0.05, 0.1) is 11.6 Å². The average Bonchev–Trinajstić information content (AvgIpc) is 2.92. The summed E-state index contributed by atoms with van der Waals surface area (Å²) in [7, 11) is 1.70. The number of hydrogen-bond donors (Lipinski definition) is 1. The molecular weight excluding hydrogens is 290 g/mol. The number of thiazole rings is 1. The zero-order valence-corrected chi connectivity index (χ0v) is 12.1. The second-order valence-corrected chi connectivity index (χ2v) is 5.23. The van der Waals surface area contributed by atoms with Gasteiger partial charge in [-0.2, -0.15) is 5.26 Å². The molecule has 1 N–H and O–H groups in total. The predicted molar refractivity (Wildman–Crippen MR) is 78.3 cm³/mol. The van der Waals surface area contributed by atoms with Crippen LogP contribution in [0.1, 0.15) is 32.6 Å². The highest BCUT2D eigenvalue weighted by atomic mass is 32.1. The van der Waals surface area contributed by atoms with Gasteiger partial charge in [-0.05, 0) is 18.2 Å². The Morgan fingerprint density at radius 3 is 2.67 bits per heavy atom. The molecule has 0 aliphatic rings. The van der Waals surface area contributed by atoms with E-state index in [0.717, 1.165) is 11.3 Å². The molecule has 0 radical (unpaired) electrons. The molecule has 0 amide bonds. The second-order valence-electron chi connectivity index (χ2n) is 4.26. The first-order valence-corrected chi connectivity index (χ1v) is 6.74. The Hall–Kier alpha value is -2.72. The van der Waals surface area contributed by atoms with Crippen LogP contribution in [-0.4, -0.2) is 28.9 Å². The molecule has 0 saturated heterocycles. The van der Waals surface area contributed by atoms with Crippen molar-refractivity contribution in [3.63, 3.8) is 0 Å². The Kier molecular flexibility index (Phi) is 4.00. The molecule has 0 unspecified atom stereocenters. The summed E-state index contributed by atoms with van der Waals surface area (Å²) < 4.78 is 0. The van der Waals surface area contributed by atoms with Crippen LogP contribution >= 0.6 is 11.3 Å². The Labute approximate surface area is 124 Å². The smallest absolute Gasteiger partial charge is 0.356 e. The molecule has 1 aromatic carbocycles. The van der Waals surface area contributed by atoms with E-state index < -0.39 is 5.97 Å². The maximum Gasteiger partial charge on any atom is 0.356 e. The number of benzene rings is 1. The molecule has 106 valence electrons. The first-order chi connectivity index (χ1) is 9.93. The molecule has 0 fully saturated rings. The van der Waals surface area contributed by atoms with Crippen LogP contribution in [-0.2, 0) is 0 Å². The van der Waals surface area contributed by atoms with Gasteiger partial charge in [-0.1, -0.05) is 17.4 Å². The Morgan fingerprint density at radius 2 is 2.14 bits per heavy atom. The van der Waals surface area contributed by atoms with Crippen LogP contribution in [0.2, 0.25) is 0 Å². The van der Waals surface area contributed by atoms with Gasteiger partial charge in [0.2, 0.25) is 0 Å². The number of carbonyl (C=O) groups is 2. The maximum absolute atomic E-state index is 11.5. The lowest BCUT2D eigenvalue weighted by atomic mass is 10.2. The number of anilines is 2. The molecule has 0 aliphatic carbocycles. The van der Waals surface area contributed by atoms with E-state index >= 15 is 0 Å². The standard InChI is InChI=1S/C14H11N3O3S/c1-8(18)12-11(13(19)20)16-14(21-12)17(2)10-5-3-4-9(6-10)7-15/h3-6H,1-2H3,(H,19,20). The van der Waals surface area contributed by atoms with Crippen LogP contribution in [0.25, 0.3) is 0 Å². The normalized spacial score (nSPS) is 9.95. The molecular formula is C14H11N3O3S. The topological polar surface area (TPSA) is 94.3 Å². The van der Waals surface area contributed by atoms with Crippen LogP contribution in [0, 0.1) is 11.3 Å². The van der Waals surface area contributed by atoms with Crippen molar-refractivity contribution in [2.75, 3.05) is 11.9 Å². The number of aromatic carboxylic acids is 1. The molecule has 0 saturated carbocycles. The van der Waals surface area contributed by atoms with E-state index in [-0.39, 0.29) is 16.4 Å². The van der Waals surface area contributed by atoms with Crippen molar-refractivity contribution >= 4 is 33.9 Å². The first kappa shape index (κ1) is 14.7. The van der Waals surface area contributed by atoms with E-state index in [1.54, 1.807) is 36.2 Å². The van der Waals surface area contributed by atoms with Gasteiger partial charge in [0.15, 0.2) is 16.6 Å². The van der Waals surface area contributed by atoms with Crippen molar-refractivity contribution < 1.29 is 14.7 Å². The summed E-state index contributed by atoms with van der Waals surface area (Å²) in [4.78, 5) is 28.4. The minimum Gasteiger partial charge on any atom is -0.476 e. The summed E-state index contributed by atoms with van der Waals surface area (Å²) in [5.74, 6) is -1.57. The van der Waals surface area contributed by atoms with Gasteiger partial charge < -0.3 is 10.0 Å². The van der Waals surface area contributed by atoms with Crippen LogP contribution in [0.5, 0.6) is 0 Å². The minimum absolute atomic E-state index is 0.112. The van der Waals surface area contributed by atoms with Gasteiger partial charge in [-0.3, -0.25) is 4.79 Å². The zero-order chi connectivity index (χ0) is 15.6. The Bertz CT molecular complexity index is 730.